The van der Waals surface area contributed by atoms with Gasteiger partial charge in [-0.05, 0) is 38.2 Å². The van der Waals surface area contributed by atoms with Gasteiger partial charge in [-0.15, -0.1) is 0 Å². The minimum atomic E-state index is 0.730. The second-order valence-corrected chi connectivity index (χ2v) is 4.69. The van der Waals surface area contributed by atoms with Gasteiger partial charge in [-0.2, -0.15) is 0 Å². The lowest BCUT2D eigenvalue weighted by Crippen LogP contribution is -2.29. The molecule has 1 aromatic heterocycles. The quantitative estimate of drug-likeness (QED) is 0.845. The Balaban J connectivity index is 1.95. The van der Waals surface area contributed by atoms with E-state index in [9.17, 15) is 0 Å². The molecule has 0 amide bonds. The molecule has 0 bridgehead atoms. The van der Waals surface area contributed by atoms with Crippen LogP contribution in [-0.2, 0) is 6.42 Å². The maximum Gasteiger partial charge on any atom is 0.192 e. The van der Waals surface area contributed by atoms with E-state index < -0.39 is 0 Å². The van der Waals surface area contributed by atoms with Gasteiger partial charge in [0.25, 0.3) is 0 Å². The molecule has 18 heavy (non-hydrogen) atoms. The summed E-state index contributed by atoms with van der Waals surface area (Å²) in [6.45, 7) is 5.04. The molecule has 0 aliphatic heterocycles. The van der Waals surface area contributed by atoms with E-state index in [1.807, 2.05) is 20.0 Å². The Morgan fingerprint density at radius 3 is 2.94 bits per heavy atom. The van der Waals surface area contributed by atoms with Crippen LogP contribution in [-0.4, -0.2) is 43.6 Å². The molecule has 0 saturated heterocycles. The normalized spacial score (nSPS) is 11.6. The van der Waals surface area contributed by atoms with Crippen molar-refractivity contribution in [1.82, 2.24) is 15.2 Å². The molecule has 4 nitrogen and oxygen atoms in total. The number of fused-ring (bicyclic) bond motifs is 1. The zero-order valence-electron chi connectivity index (χ0n) is 11.4. The summed E-state index contributed by atoms with van der Waals surface area (Å²) >= 11 is 0. The van der Waals surface area contributed by atoms with Crippen molar-refractivity contribution in [1.29, 1.82) is 0 Å². The van der Waals surface area contributed by atoms with Crippen LogP contribution in [0.2, 0.25) is 0 Å². The van der Waals surface area contributed by atoms with E-state index in [1.54, 1.807) is 0 Å². The largest absolute Gasteiger partial charge is 0.441 e. The molecular formula is C14H21N3O. The van der Waals surface area contributed by atoms with Crippen molar-refractivity contribution in [2.75, 3.05) is 33.7 Å². The highest BCUT2D eigenvalue weighted by Gasteiger charge is 2.04. The Labute approximate surface area is 108 Å². The Morgan fingerprint density at radius 2 is 2.17 bits per heavy atom. The van der Waals surface area contributed by atoms with Gasteiger partial charge < -0.3 is 14.6 Å². The summed E-state index contributed by atoms with van der Waals surface area (Å²) in [5.41, 5.74) is 3.15. The predicted octanol–water partition coefficient (Wildman–Crippen LogP) is 1.83. The van der Waals surface area contributed by atoms with Crippen LogP contribution >= 0.6 is 0 Å². The van der Waals surface area contributed by atoms with Gasteiger partial charge in [0.05, 0.1) is 0 Å². The summed E-state index contributed by atoms with van der Waals surface area (Å²) in [6, 6.07) is 6.26. The minimum Gasteiger partial charge on any atom is -0.441 e. The van der Waals surface area contributed by atoms with Crippen LogP contribution in [0.3, 0.4) is 0 Å². The van der Waals surface area contributed by atoms with Gasteiger partial charge in [-0.25, -0.2) is 4.98 Å². The average molecular weight is 247 g/mol. The SMILES string of the molecule is CNCCN(C)CCc1ccc2oc(C)nc2c1. The molecular weight excluding hydrogens is 226 g/mol. The number of rotatable bonds is 6. The van der Waals surface area contributed by atoms with E-state index in [1.165, 1.54) is 5.56 Å². The number of aryl methyl sites for hydroxylation is 1. The molecule has 2 rings (SSSR count). The van der Waals surface area contributed by atoms with Crippen LogP contribution in [0.15, 0.2) is 22.6 Å². The third kappa shape index (κ3) is 3.31. The third-order valence-corrected chi connectivity index (χ3v) is 3.08. The lowest BCUT2D eigenvalue weighted by atomic mass is 10.1. The first-order chi connectivity index (χ1) is 8.69. The highest BCUT2D eigenvalue weighted by atomic mass is 16.3. The molecule has 0 fully saturated rings. The molecule has 1 N–H and O–H groups in total. The van der Waals surface area contributed by atoms with Crippen LogP contribution < -0.4 is 5.32 Å². The third-order valence-electron chi connectivity index (χ3n) is 3.08. The number of nitrogens with one attached hydrogen (secondary N) is 1. The molecule has 0 aliphatic carbocycles. The smallest absolute Gasteiger partial charge is 0.192 e. The van der Waals surface area contributed by atoms with Crippen molar-refractivity contribution in [2.45, 2.75) is 13.3 Å². The van der Waals surface area contributed by atoms with Gasteiger partial charge in [-0.3, -0.25) is 0 Å². The molecule has 0 aliphatic rings. The Kier molecular flexibility index (Phi) is 4.33. The number of hydrogen-bond acceptors (Lipinski definition) is 4. The van der Waals surface area contributed by atoms with Crippen molar-refractivity contribution < 1.29 is 4.42 Å². The molecule has 0 unspecified atom stereocenters. The first-order valence-corrected chi connectivity index (χ1v) is 6.38. The second-order valence-electron chi connectivity index (χ2n) is 4.69. The number of hydrogen-bond donors (Lipinski definition) is 1. The van der Waals surface area contributed by atoms with Gasteiger partial charge in [-0.1, -0.05) is 6.07 Å². The maximum atomic E-state index is 5.47. The van der Waals surface area contributed by atoms with Crippen molar-refractivity contribution >= 4 is 11.1 Å². The van der Waals surface area contributed by atoms with Crippen LogP contribution in [0, 0.1) is 6.92 Å². The zero-order chi connectivity index (χ0) is 13.0. The number of oxazole rings is 1. The molecule has 0 saturated carbocycles. The summed E-state index contributed by atoms with van der Waals surface area (Å²) in [4.78, 5) is 6.69. The van der Waals surface area contributed by atoms with Gasteiger partial charge in [0.2, 0.25) is 0 Å². The van der Waals surface area contributed by atoms with Crippen LogP contribution in [0.4, 0.5) is 0 Å². The van der Waals surface area contributed by atoms with Crippen LogP contribution in [0.1, 0.15) is 11.5 Å². The monoisotopic (exact) mass is 247 g/mol. The first-order valence-electron chi connectivity index (χ1n) is 6.38. The first kappa shape index (κ1) is 13.1. The number of nitrogens with zero attached hydrogens (tertiary/aromatic N) is 2. The number of likely N-dealkylation sites (N-methyl/N-ethyl adjacent to an activating group) is 2. The topological polar surface area (TPSA) is 41.3 Å². The molecule has 4 heteroatoms. The predicted molar refractivity (Wildman–Crippen MR) is 73.9 cm³/mol. The van der Waals surface area contributed by atoms with Gasteiger partial charge in [0, 0.05) is 26.6 Å². The number of aromatic nitrogens is 1. The minimum absolute atomic E-state index is 0.730. The Bertz CT molecular complexity index is 507. The van der Waals surface area contributed by atoms with E-state index >= 15 is 0 Å². The van der Waals surface area contributed by atoms with E-state index in [-0.39, 0.29) is 0 Å². The van der Waals surface area contributed by atoms with E-state index in [2.05, 4.69) is 34.4 Å². The lowest BCUT2D eigenvalue weighted by Gasteiger charge is -2.15. The van der Waals surface area contributed by atoms with Crippen molar-refractivity contribution in [3.63, 3.8) is 0 Å². The second kappa shape index (κ2) is 5.98. The zero-order valence-corrected chi connectivity index (χ0v) is 11.4. The summed E-state index contributed by atoms with van der Waals surface area (Å²) in [7, 11) is 4.13. The summed E-state index contributed by atoms with van der Waals surface area (Å²) in [6.07, 6.45) is 1.04. The van der Waals surface area contributed by atoms with E-state index in [0.29, 0.717) is 0 Å². The molecule has 2 aromatic rings. The fraction of sp³-hybridized carbons (Fsp3) is 0.500. The van der Waals surface area contributed by atoms with Gasteiger partial charge >= 0.3 is 0 Å². The van der Waals surface area contributed by atoms with E-state index in [4.69, 9.17) is 4.42 Å². The average Bonchev–Trinajstić information content (AvgIpc) is 2.73. The highest BCUT2D eigenvalue weighted by Crippen LogP contribution is 2.17. The van der Waals surface area contributed by atoms with Gasteiger partial charge in [0.15, 0.2) is 11.5 Å². The summed E-state index contributed by atoms with van der Waals surface area (Å²) in [5.74, 6) is 0.730. The van der Waals surface area contributed by atoms with Crippen LogP contribution in [0.25, 0.3) is 11.1 Å². The summed E-state index contributed by atoms with van der Waals surface area (Å²) in [5, 5.41) is 3.16. The summed E-state index contributed by atoms with van der Waals surface area (Å²) < 4.78 is 5.47. The maximum absolute atomic E-state index is 5.47. The fourth-order valence-electron chi connectivity index (χ4n) is 1.98. The van der Waals surface area contributed by atoms with Crippen molar-refractivity contribution in [2.24, 2.45) is 0 Å². The molecule has 0 spiro atoms. The van der Waals surface area contributed by atoms with Crippen LogP contribution in [0.5, 0.6) is 0 Å². The molecule has 0 atom stereocenters. The van der Waals surface area contributed by atoms with Crippen molar-refractivity contribution in [3.05, 3.63) is 29.7 Å². The standard InChI is InChI=1S/C14H21N3O/c1-11-16-13-10-12(4-5-14(13)18-11)6-8-17(3)9-7-15-2/h4-5,10,15H,6-9H2,1-3H3. The lowest BCUT2D eigenvalue weighted by molar-refractivity contribution is 0.339. The van der Waals surface area contributed by atoms with Crippen molar-refractivity contribution in [3.8, 4) is 0 Å². The molecule has 1 aromatic carbocycles. The van der Waals surface area contributed by atoms with Gasteiger partial charge in [0.1, 0.15) is 5.52 Å². The Morgan fingerprint density at radius 1 is 1.33 bits per heavy atom. The molecule has 1 heterocycles. The Hall–Kier alpha value is -1.39. The number of benzene rings is 1. The van der Waals surface area contributed by atoms with E-state index in [0.717, 1.165) is 43.0 Å². The highest BCUT2D eigenvalue weighted by molar-refractivity contribution is 5.73. The molecule has 98 valence electrons. The fourth-order valence-corrected chi connectivity index (χ4v) is 1.98. The molecule has 0 radical (unpaired) electrons.